The van der Waals surface area contributed by atoms with E-state index < -0.39 is 0 Å². The number of hydrogen-bond acceptors (Lipinski definition) is 3. The van der Waals surface area contributed by atoms with Crippen LogP contribution in [0.5, 0.6) is 0 Å². The normalized spacial score (nSPS) is 17.4. The Bertz CT molecular complexity index is 692. The largest absolute Gasteiger partial charge is 0.328 e. The van der Waals surface area contributed by atoms with E-state index in [9.17, 15) is 4.79 Å². The molecular weight excluding hydrogens is 320 g/mol. The van der Waals surface area contributed by atoms with Gasteiger partial charge < -0.3 is 4.90 Å². The number of hydrogen-bond donors (Lipinski definition) is 1. The van der Waals surface area contributed by atoms with E-state index in [4.69, 9.17) is 0 Å². The highest BCUT2D eigenvalue weighted by molar-refractivity contribution is 9.10. The van der Waals surface area contributed by atoms with Crippen LogP contribution in [0.25, 0.3) is 0 Å². The molecule has 1 aromatic heterocycles. The summed E-state index contributed by atoms with van der Waals surface area (Å²) < 4.78 is 1.06. The third-order valence-corrected chi connectivity index (χ3v) is 4.70. The SMILES string of the molecule is O=C(c1n[nH]nc1C1CC1)N1Cc2cccc(Br)c2C1. The van der Waals surface area contributed by atoms with Crippen molar-refractivity contribution in [1.82, 2.24) is 20.3 Å². The highest BCUT2D eigenvalue weighted by Gasteiger charge is 2.35. The summed E-state index contributed by atoms with van der Waals surface area (Å²) in [4.78, 5) is 14.5. The minimum atomic E-state index is -0.0243. The summed E-state index contributed by atoms with van der Waals surface area (Å²) >= 11 is 3.55. The van der Waals surface area contributed by atoms with Crippen molar-refractivity contribution < 1.29 is 4.79 Å². The van der Waals surface area contributed by atoms with E-state index >= 15 is 0 Å². The van der Waals surface area contributed by atoms with E-state index in [1.807, 2.05) is 17.0 Å². The maximum Gasteiger partial charge on any atom is 0.276 e. The molecule has 5 nitrogen and oxygen atoms in total. The Labute approximate surface area is 124 Å². The van der Waals surface area contributed by atoms with Gasteiger partial charge in [0.2, 0.25) is 0 Å². The van der Waals surface area contributed by atoms with Crippen molar-refractivity contribution in [3.05, 3.63) is 45.2 Å². The van der Waals surface area contributed by atoms with Crippen LogP contribution < -0.4 is 0 Å². The average Bonchev–Trinajstić information content (AvgIpc) is 3.02. The van der Waals surface area contributed by atoms with Gasteiger partial charge in [0, 0.05) is 23.5 Å². The van der Waals surface area contributed by atoms with Gasteiger partial charge in [0.25, 0.3) is 5.91 Å². The van der Waals surface area contributed by atoms with E-state index in [-0.39, 0.29) is 5.91 Å². The number of amides is 1. The molecule has 102 valence electrons. The monoisotopic (exact) mass is 332 g/mol. The fourth-order valence-electron chi connectivity index (χ4n) is 2.71. The van der Waals surface area contributed by atoms with Crippen LogP contribution in [-0.2, 0) is 13.1 Å². The van der Waals surface area contributed by atoms with Crippen molar-refractivity contribution in [3.8, 4) is 0 Å². The van der Waals surface area contributed by atoms with Gasteiger partial charge in [0.05, 0.1) is 5.69 Å². The molecule has 1 aromatic carbocycles. The number of nitrogens with one attached hydrogen (secondary N) is 1. The summed E-state index contributed by atoms with van der Waals surface area (Å²) in [5.41, 5.74) is 3.72. The molecule has 4 rings (SSSR count). The van der Waals surface area contributed by atoms with Crippen molar-refractivity contribution in [1.29, 1.82) is 0 Å². The molecule has 2 heterocycles. The summed E-state index contributed by atoms with van der Waals surface area (Å²) in [5.74, 6) is 0.396. The molecule has 1 fully saturated rings. The molecule has 20 heavy (non-hydrogen) atoms. The summed E-state index contributed by atoms with van der Waals surface area (Å²) in [5, 5.41) is 10.8. The van der Waals surface area contributed by atoms with Gasteiger partial charge in [-0.2, -0.15) is 15.4 Å². The summed E-state index contributed by atoms with van der Waals surface area (Å²) in [6.45, 7) is 1.27. The lowest BCUT2D eigenvalue weighted by molar-refractivity contribution is 0.0744. The molecule has 0 saturated heterocycles. The molecule has 0 radical (unpaired) electrons. The number of carbonyl (C=O) groups excluding carboxylic acids is 1. The Hall–Kier alpha value is -1.69. The van der Waals surface area contributed by atoms with Gasteiger partial charge in [-0.1, -0.05) is 28.1 Å². The highest BCUT2D eigenvalue weighted by Crippen LogP contribution is 2.40. The minimum absolute atomic E-state index is 0.0243. The van der Waals surface area contributed by atoms with Gasteiger partial charge in [0.1, 0.15) is 0 Å². The van der Waals surface area contributed by atoms with Gasteiger partial charge in [-0.25, -0.2) is 0 Å². The van der Waals surface area contributed by atoms with Crippen LogP contribution in [0.1, 0.15) is 46.1 Å². The molecule has 2 aromatic rings. The first-order valence-electron chi connectivity index (χ1n) is 6.70. The first kappa shape index (κ1) is 12.1. The Kier molecular flexibility index (Phi) is 2.66. The van der Waals surface area contributed by atoms with Crippen LogP contribution in [0.3, 0.4) is 0 Å². The zero-order valence-electron chi connectivity index (χ0n) is 10.8. The van der Waals surface area contributed by atoms with E-state index in [1.54, 1.807) is 0 Å². The number of aromatic amines is 1. The number of fused-ring (bicyclic) bond motifs is 1. The van der Waals surface area contributed by atoms with Gasteiger partial charge in [0.15, 0.2) is 5.69 Å². The first-order valence-corrected chi connectivity index (χ1v) is 7.49. The number of benzene rings is 1. The molecule has 0 atom stereocenters. The number of aromatic nitrogens is 3. The predicted octanol–water partition coefficient (Wildman–Crippen LogP) is 2.60. The van der Waals surface area contributed by atoms with Crippen molar-refractivity contribution in [3.63, 3.8) is 0 Å². The standard InChI is InChI=1S/C14H13BrN4O/c15-11-3-1-2-9-6-19(7-10(9)11)14(20)13-12(8-4-5-8)16-18-17-13/h1-3,8H,4-7H2,(H,16,17,18). The molecule has 1 amide bonds. The Morgan fingerprint density at radius 3 is 2.90 bits per heavy atom. The van der Waals surface area contributed by atoms with E-state index in [0.717, 1.165) is 23.0 Å². The molecule has 0 spiro atoms. The van der Waals surface area contributed by atoms with Crippen molar-refractivity contribution >= 4 is 21.8 Å². The number of rotatable bonds is 2. The van der Waals surface area contributed by atoms with Gasteiger partial charge in [-0.15, -0.1) is 0 Å². The maximum atomic E-state index is 12.6. The second kappa shape index (κ2) is 4.41. The van der Waals surface area contributed by atoms with Crippen molar-refractivity contribution in [2.75, 3.05) is 0 Å². The molecule has 1 aliphatic heterocycles. The summed E-state index contributed by atoms with van der Waals surface area (Å²) in [6, 6.07) is 6.08. The van der Waals surface area contributed by atoms with Crippen LogP contribution in [-0.4, -0.2) is 26.2 Å². The third kappa shape index (κ3) is 1.86. The van der Waals surface area contributed by atoms with Crippen LogP contribution in [0.2, 0.25) is 0 Å². The summed E-state index contributed by atoms with van der Waals surface area (Å²) in [6.07, 6.45) is 2.22. The van der Waals surface area contributed by atoms with Crippen LogP contribution in [0.15, 0.2) is 22.7 Å². The van der Waals surface area contributed by atoms with Gasteiger partial charge >= 0.3 is 0 Å². The second-order valence-corrected chi connectivity index (χ2v) is 6.22. The highest BCUT2D eigenvalue weighted by atomic mass is 79.9. The topological polar surface area (TPSA) is 61.9 Å². The molecule has 2 aliphatic rings. The maximum absolute atomic E-state index is 12.6. The molecule has 0 unspecified atom stereocenters. The smallest absolute Gasteiger partial charge is 0.276 e. The zero-order chi connectivity index (χ0) is 13.7. The Morgan fingerprint density at radius 2 is 2.15 bits per heavy atom. The van der Waals surface area contributed by atoms with Crippen LogP contribution in [0, 0.1) is 0 Å². The fourth-order valence-corrected chi connectivity index (χ4v) is 3.24. The quantitative estimate of drug-likeness (QED) is 0.919. The number of carbonyl (C=O) groups is 1. The second-order valence-electron chi connectivity index (χ2n) is 5.37. The lowest BCUT2D eigenvalue weighted by atomic mass is 10.1. The van der Waals surface area contributed by atoms with Gasteiger partial charge in [-0.3, -0.25) is 4.79 Å². The lowest BCUT2D eigenvalue weighted by Gasteiger charge is -2.14. The predicted molar refractivity (Wildman–Crippen MR) is 76.1 cm³/mol. The zero-order valence-corrected chi connectivity index (χ0v) is 12.4. The van der Waals surface area contributed by atoms with E-state index in [0.29, 0.717) is 24.7 Å². The molecule has 1 N–H and O–H groups in total. The number of H-pyrrole nitrogens is 1. The van der Waals surface area contributed by atoms with Gasteiger partial charge in [-0.05, 0) is 30.0 Å². The van der Waals surface area contributed by atoms with Crippen molar-refractivity contribution in [2.45, 2.75) is 31.8 Å². The first-order chi connectivity index (χ1) is 9.74. The molecule has 1 aliphatic carbocycles. The molecule has 1 saturated carbocycles. The molecule has 0 bridgehead atoms. The number of nitrogens with zero attached hydrogens (tertiary/aromatic N) is 3. The summed E-state index contributed by atoms with van der Waals surface area (Å²) in [7, 11) is 0. The van der Waals surface area contributed by atoms with Crippen molar-refractivity contribution in [2.24, 2.45) is 0 Å². The third-order valence-electron chi connectivity index (χ3n) is 3.95. The molecular formula is C14H13BrN4O. The van der Waals surface area contributed by atoms with Crippen LogP contribution in [0.4, 0.5) is 0 Å². The van der Waals surface area contributed by atoms with E-state index in [2.05, 4.69) is 37.4 Å². The Morgan fingerprint density at radius 1 is 1.30 bits per heavy atom. The average molecular weight is 333 g/mol. The number of halogens is 1. The minimum Gasteiger partial charge on any atom is -0.328 e. The van der Waals surface area contributed by atoms with Crippen LogP contribution >= 0.6 is 15.9 Å². The molecule has 6 heteroatoms. The lowest BCUT2D eigenvalue weighted by Crippen LogP contribution is -2.26. The van der Waals surface area contributed by atoms with E-state index in [1.165, 1.54) is 11.1 Å². The fraction of sp³-hybridized carbons (Fsp3) is 0.357. The Balaban J connectivity index is 1.62.